The topological polar surface area (TPSA) is 48.4 Å². The molecule has 0 atom stereocenters. The molecule has 0 saturated carbocycles. The lowest BCUT2D eigenvalue weighted by atomic mass is 10.1. The first-order chi connectivity index (χ1) is 11.6. The van der Waals surface area contributed by atoms with E-state index in [-0.39, 0.29) is 5.92 Å². The Labute approximate surface area is 146 Å². The second-order valence-corrected chi connectivity index (χ2v) is 6.45. The number of aromatic nitrogens is 1. The Bertz CT molecular complexity index is 745. The quantitative estimate of drug-likeness (QED) is 0.437. The molecule has 5 heteroatoms. The van der Waals surface area contributed by atoms with E-state index in [9.17, 15) is 4.79 Å². The Morgan fingerprint density at radius 1 is 1.17 bits per heavy atom. The van der Waals surface area contributed by atoms with Crippen LogP contribution in [0.15, 0.2) is 36.6 Å². The molecule has 0 aliphatic rings. The summed E-state index contributed by atoms with van der Waals surface area (Å²) in [6.45, 7) is 4.15. The lowest BCUT2D eigenvalue weighted by Gasteiger charge is -2.03. The van der Waals surface area contributed by atoms with E-state index in [2.05, 4.69) is 18.8 Å². The number of hydrogen-bond donors (Lipinski definition) is 0. The summed E-state index contributed by atoms with van der Waals surface area (Å²) in [5.74, 6) is -0.167. The van der Waals surface area contributed by atoms with E-state index in [1.807, 2.05) is 42.5 Å². The summed E-state index contributed by atoms with van der Waals surface area (Å²) >= 11 is 1.48. The maximum Gasteiger partial charge on any atom is 0.342 e. The van der Waals surface area contributed by atoms with E-state index in [1.165, 1.54) is 31.8 Å². The fourth-order valence-corrected chi connectivity index (χ4v) is 3.11. The number of carbonyl (C=O) groups excluding carboxylic acids is 1. The van der Waals surface area contributed by atoms with Crippen LogP contribution in [0.2, 0.25) is 0 Å². The maximum absolute atomic E-state index is 12.1. The first kappa shape index (κ1) is 17.9. The summed E-state index contributed by atoms with van der Waals surface area (Å²) in [5, 5.41) is 0.962. The van der Waals surface area contributed by atoms with Gasteiger partial charge in [0.05, 0.1) is 36.1 Å². The van der Waals surface area contributed by atoms with E-state index in [0.29, 0.717) is 5.57 Å². The average molecular weight is 343 g/mol. The highest BCUT2D eigenvalue weighted by Gasteiger charge is 2.21. The summed E-state index contributed by atoms with van der Waals surface area (Å²) in [6.07, 6.45) is 5.30. The second-order valence-electron chi connectivity index (χ2n) is 5.42. The van der Waals surface area contributed by atoms with Crippen LogP contribution in [0.4, 0.5) is 0 Å². The number of carbonyl (C=O) groups is 1. The molecule has 126 valence electrons. The predicted molar refractivity (Wildman–Crippen MR) is 98.6 cm³/mol. The fraction of sp³-hybridized carbons (Fsp3) is 0.263. The second kappa shape index (κ2) is 8.45. The highest BCUT2D eigenvalue weighted by Crippen LogP contribution is 2.32. The molecular formula is C19H21NO3S. The zero-order chi connectivity index (χ0) is 17.5. The number of methoxy groups -OCH3 is 2. The molecule has 1 aromatic carbocycles. The van der Waals surface area contributed by atoms with Crippen LogP contribution >= 0.6 is 11.3 Å². The number of benzene rings is 1. The standard InChI is InChI=1S/C19H21NO3S/c1-13(2)18-20-16(11-10-14-8-6-5-7-9-14)17(24-18)15(12-22-3)19(21)23-4/h5-13H,1-4H3/b11-10+,15-12+. The summed E-state index contributed by atoms with van der Waals surface area (Å²) in [4.78, 5) is 17.5. The van der Waals surface area contributed by atoms with Gasteiger partial charge >= 0.3 is 5.97 Å². The summed E-state index contributed by atoms with van der Waals surface area (Å²) < 4.78 is 9.94. The first-order valence-electron chi connectivity index (χ1n) is 7.62. The molecule has 0 radical (unpaired) electrons. The minimum absolute atomic E-state index is 0.272. The largest absolute Gasteiger partial charge is 0.503 e. The molecule has 0 spiro atoms. The van der Waals surface area contributed by atoms with Crippen molar-refractivity contribution in [3.8, 4) is 0 Å². The number of nitrogens with zero attached hydrogens (tertiary/aromatic N) is 1. The van der Waals surface area contributed by atoms with Gasteiger partial charge in [0.25, 0.3) is 0 Å². The molecule has 0 bridgehead atoms. The van der Waals surface area contributed by atoms with Crippen molar-refractivity contribution in [2.75, 3.05) is 14.2 Å². The Morgan fingerprint density at radius 3 is 2.46 bits per heavy atom. The van der Waals surface area contributed by atoms with E-state index in [1.54, 1.807) is 0 Å². The summed E-state index contributed by atoms with van der Waals surface area (Å²) in [5.41, 5.74) is 2.18. The molecule has 0 amide bonds. The zero-order valence-corrected chi connectivity index (χ0v) is 15.1. The molecule has 24 heavy (non-hydrogen) atoms. The SMILES string of the molecule is CO/C=C(/C(=O)OC)c1sc(C(C)C)nc1/C=C/c1ccccc1. The van der Waals surface area contributed by atoms with Gasteiger partial charge in [-0.05, 0) is 11.6 Å². The van der Waals surface area contributed by atoms with Crippen molar-refractivity contribution >= 4 is 35.0 Å². The Hall–Kier alpha value is -2.40. The zero-order valence-electron chi connectivity index (χ0n) is 14.3. The minimum atomic E-state index is -0.440. The molecule has 2 rings (SSSR count). The van der Waals surface area contributed by atoms with Crippen molar-refractivity contribution in [2.45, 2.75) is 19.8 Å². The molecule has 0 N–H and O–H groups in total. The molecule has 0 unspecified atom stereocenters. The van der Waals surface area contributed by atoms with Crippen LogP contribution in [0.5, 0.6) is 0 Å². The third kappa shape index (κ3) is 4.32. The van der Waals surface area contributed by atoms with Crippen LogP contribution in [0.1, 0.15) is 40.9 Å². The van der Waals surface area contributed by atoms with Gasteiger partial charge < -0.3 is 9.47 Å². The number of ether oxygens (including phenoxy) is 2. The number of rotatable bonds is 6. The third-order valence-electron chi connectivity index (χ3n) is 3.28. The van der Waals surface area contributed by atoms with Gasteiger partial charge in [-0.25, -0.2) is 9.78 Å². The van der Waals surface area contributed by atoms with Crippen LogP contribution in [0.25, 0.3) is 17.7 Å². The Morgan fingerprint density at radius 2 is 1.88 bits per heavy atom. The number of thiazole rings is 1. The molecule has 1 heterocycles. The molecule has 1 aromatic heterocycles. The van der Waals surface area contributed by atoms with Crippen molar-refractivity contribution in [3.05, 3.63) is 57.7 Å². The van der Waals surface area contributed by atoms with E-state index in [4.69, 9.17) is 9.47 Å². The highest BCUT2D eigenvalue weighted by atomic mass is 32.1. The normalized spacial score (nSPS) is 12.0. The Kier molecular flexibility index (Phi) is 6.32. The molecule has 4 nitrogen and oxygen atoms in total. The minimum Gasteiger partial charge on any atom is -0.503 e. The predicted octanol–water partition coefficient (Wildman–Crippen LogP) is 4.60. The van der Waals surface area contributed by atoms with Crippen molar-refractivity contribution in [2.24, 2.45) is 0 Å². The molecule has 0 aliphatic carbocycles. The van der Waals surface area contributed by atoms with Crippen molar-refractivity contribution in [3.63, 3.8) is 0 Å². The monoisotopic (exact) mass is 343 g/mol. The lowest BCUT2D eigenvalue weighted by molar-refractivity contribution is -0.133. The smallest absolute Gasteiger partial charge is 0.342 e. The number of hydrogen-bond acceptors (Lipinski definition) is 5. The average Bonchev–Trinajstić information content (AvgIpc) is 3.02. The van der Waals surface area contributed by atoms with E-state index >= 15 is 0 Å². The highest BCUT2D eigenvalue weighted by molar-refractivity contribution is 7.13. The van der Waals surface area contributed by atoms with Crippen LogP contribution in [-0.2, 0) is 14.3 Å². The van der Waals surface area contributed by atoms with Gasteiger partial charge in [0.2, 0.25) is 0 Å². The van der Waals surface area contributed by atoms with Gasteiger partial charge in [-0.3, -0.25) is 0 Å². The van der Waals surface area contributed by atoms with Crippen LogP contribution in [-0.4, -0.2) is 25.2 Å². The van der Waals surface area contributed by atoms with Crippen LogP contribution < -0.4 is 0 Å². The fourth-order valence-electron chi connectivity index (χ4n) is 2.06. The van der Waals surface area contributed by atoms with Gasteiger partial charge in [-0.1, -0.05) is 50.3 Å². The summed E-state index contributed by atoms with van der Waals surface area (Å²) in [6, 6.07) is 9.95. The van der Waals surface area contributed by atoms with Crippen LogP contribution in [0, 0.1) is 0 Å². The van der Waals surface area contributed by atoms with Gasteiger partial charge in [-0.15, -0.1) is 11.3 Å². The van der Waals surface area contributed by atoms with Crippen molar-refractivity contribution < 1.29 is 14.3 Å². The van der Waals surface area contributed by atoms with Gasteiger partial charge in [-0.2, -0.15) is 0 Å². The molecular weight excluding hydrogens is 322 g/mol. The van der Waals surface area contributed by atoms with Gasteiger partial charge in [0.15, 0.2) is 0 Å². The van der Waals surface area contributed by atoms with Crippen molar-refractivity contribution in [1.29, 1.82) is 0 Å². The number of esters is 1. The van der Waals surface area contributed by atoms with E-state index in [0.717, 1.165) is 21.1 Å². The molecule has 0 fully saturated rings. The molecule has 0 saturated heterocycles. The van der Waals surface area contributed by atoms with E-state index < -0.39 is 5.97 Å². The lowest BCUT2D eigenvalue weighted by Crippen LogP contribution is -2.04. The first-order valence-corrected chi connectivity index (χ1v) is 8.44. The molecule has 0 aliphatic heterocycles. The van der Waals surface area contributed by atoms with Crippen molar-refractivity contribution in [1.82, 2.24) is 4.98 Å². The summed E-state index contributed by atoms with van der Waals surface area (Å²) in [7, 11) is 2.86. The van der Waals surface area contributed by atoms with Crippen LogP contribution in [0.3, 0.4) is 0 Å². The maximum atomic E-state index is 12.1. The Balaban J connectivity index is 2.48. The molecule has 2 aromatic rings. The van der Waals surface area contributed by atoms with Gasteiger partial charge in [0.1, 0.15) is 5.57 Å². The van der Waals surface area contributed by atoms with Gasteiger partial charge in [0, 0.05) is 5.92 Å². The third-order valence-corrected chi connectivity index (χ3v) is 4.69.